The molecular weight excluding hydrogens is 288 g/mol. The summed E-state index contributed by atoms with van der Waals surface area (Å²) in [6.45, 7) is 6.90. The zero-order valence-electron chi connectivity index (χ0n) is 9.61. The van der Waals surface area contributed by atoms with Crippen molar-refractivity contribution in [2.75, 3.05) is 0 Å². The summed E-state index contributed by atoms with van der Waals surface area (Å²) >= 11 is 10.0. The zero-order chi connectivity index (χ0) is 11.5. The van der Waals surface area contributed by atoms with E-state index in [4.69, 9.17) is 11.6 Å². The second-order valence-electron chi connectivity index (χ2n) is 3.94. The first-order chi connectivity index (χ1) is 7.11. The maximum atomic E-state index is 6.35. The van der Waals surface area contributed by atoms with Gasteiger partial charge >= 0.3 is 0 Å². The van der Waals surface area contributed by atoms with Gasteiger partial charge in [-0.3, -0.25) is 0 Å². The molecule has 84 valence electrons. The Labute approximate surface area is 107 Å². The lowest BCUT2D eigenvalue weighted by molar-refractivity contribution is 1.19. The molecule has 0 aliphatic heterocycles. The Balaban J connectivity index is 3.34. The van der Waals surface area contributed by atoms with Crippen molar-refractivity contribution >= 4 is 40.8 Å². The smallest absolute Gasteiger partial charge is 0.0844 e. The number of hydrogen-bond donors (Lipinski definition) is 0. The van der Waals surface area contributed by atoms with Crippen LogP contribution in [0.2, 0.25) is 23.2 Å². The summed E-state index contributed by atoms with van der Waals surface area (Å²) in [6, 6.07) is 9.94. The Hall–Kier alpha value is 0.207. The van der Waals surface area contributed by atoms with Gasteiger partial charge in [0.2, 0.25) is 0 Å². The molecule has 1 rings (SSSR count). The Morgan fingerprint density at radius 3 is 2.07 bits per heavy atom. The van der Waals surface area contributed by atoms with Gasteiger partial charge in [0.1, 0.15) is 0 Å². The van der Waals surface area contributed by atoms with Crippen LogP contribution >= 0.6 is 27.5 Å². The summed E-state index contributed by atoms with van der Waals surface area (Å²) in [4.78, 5) is 0. The Morgan fingerprint density at radius 1 is 1.13 bits per heavy atom. The summed E-state index contributed by atoms with van der Waals surface area (Å²) in [5.41, 5.74) is 0. The van der Waals surface area contributed by atoms with E-state index in [0.29, 0.717) is 0 Å². The van der Waals surface area contributed by atoms with Gasteiger partial charge in [0.15, 0.2) is 0 Å². The molecule has 0 spiro atoms. The minimum atomic E-state index is -1.36. The lowest BCUT2D eigenvalue weighted by atomic mass is 10.4. The molecule has 15 heavy (non-hydrogen) atoms. The predicted molar refractivity (Wildman–Crippen MR) is 76.0 cm³/mol. The average Bonchev–Trinajstić information content (AvgIpc) is 2.24. The van der Waals surface area contributed by atoms with E-state index in [0.717, 1.165) is 5.02 Å². The molecule has 0 heterocycles. The van der Waals surface area contributed by atoms with Crippen molar-refractivity contribution in [3.63, 3.8) is 0 Å². The highest BCUT2D eigenvalue weighted by Crippen LogP contribution is 2.27. The van der Waals surface area contributed by atoms with Gasteiger partial charge in [-0.2, -0.15) is 0 Å². The van der Waals surface area contributed by atoms with Crippen molar-refractivity contribution < 1.29 is 0 Å². The fraction of sp³-hybridized carbons (Fsp3) is 0.500. The SMILES string of the molecule is CC[Si](CC)(CC)c1c(Cl)cccc1Br. The first-order valence-corrected chi connectivity index (χ1v) is 9.35. The molecule has 0 N–H and O–H groups in total. The van der Waals surface area contributed by atoms with Crippen LogP contribution in [0.1, 0.15) is 20.8 Å². The van der Waals surface area contributed by atoms with Crippen molar-refractivity contribution in [2.45, 2.75) is 38.9 Å². The Bertz CT molecular complexity index is 306. The summed E-state index contributed by atoms with van der Waals surface area (Å²) in [7, 11) is -1.36. The van der Waals surface area contributed by atoms with E-state index in [1.807, 2.05) is 12.1 Å². The fourth-order valence-electron chi connectivity index (χ4n) is 2.28. The molecule has 0 aliphatic rings. The van der Waals surface area contributed by atoms with Crippen LogP contribution in [0.15, 0.2) is 22.7 Å². The molecule has 0 fully saturated rings. The van der Waals surface area contributed by atoms with Crippen LogP contribution in [0, 0.1) is 0 Å². The summed E-state index contributed by atoms with van der Waals surface area (Å²) in [5.74, 6) is 0. The van der Waals surface area contributed by atoms with Crippen LogP contribution in [0.4, 0.5) is 0 Å². The lowest BCUT2D eigenvalue weighted by Gasteiger charge is -2.30. The molecule has 0 saturated heterocycles. The molecule has 0 bridgehead atoms. The Kier molecular flexibility index (Phi) is 4.88. The van der Waals surface area contributed by atoms with Crippen LogP contribution in [-0.2, 0) is 0 Å². The highest BCUT2D eigenvalue weighted by atomic mass is 79.9. The van der Waals surface area contributed by atoms with Crippen molar-refractivity contribution in [3.8, 4) is 0 Å². The molecule has 0 radical (unpaired) electrons. The molecule has 0 aromatic heterocycles. The first kappa shape index (κ1) is 13.3. The van der Waals surface area contributed by atoms with E-state index in [1.165, 1.54) is 27.8 Å². The van der Waals surface area contributed by atoms with E-state index >= 15 is 0 Å². The monoisotopic (exact) mass is 304 g/mol. The van der Waals surface area contributed by atoms with Gasteiger partial charge in [-0.1, -0.05) is 72.5 Å². The fourth-order valence-corrected chi connectivity index (χ4v) is 8.54. The third-order valence-electron chi connectivity index (χ3n) is 3.52. The maximum absolute atomic E-state index is 6.35. The standard InChI is InChI=1S/C12H18BrClSi/c1-4-15(5-2,6-3)12-10(13)8-7-9-11(12)14/h7-9H,4-6H2,1-3H3. The molecule has 1 aromatic carbocycles. The second-order valence-corrected chi connectivity index (χ2v) is 10.4. The molecule has 0 atom stereocenters. The van der Waals surface area contributed by atoms with Gasteiger partial charge < -0.3 is 0 Å². The third kappa shape index (κ3) is 2.48. The maximum Gasteiger partial charge on any atom is 0.0893 e. The van der Waals surface area contributed by atoms with Crippen LogP contribution in [0.25, 0.3) is 0 Å². The zero-order valence-corrected chi connectivity index (χ0v) is 13.0. The highest BCUT2D eigenvalue weighted by molar-refractivity contribution is 9.10. The molecule has 0 nitrogen and oxygen atoms in total. The third-order valence-corrected chi connectivity index (χ3v) is 10.7. The largest absolute Gasteiger partial charge is 0.0893 e. The molecule has 1 aromatic rings. The van der Waals surface area contributed by atoms with Crippen LogP contribution in [-0.4, -0.2) is 8.07 Å². The van der Waals surface area contributed by atoms with Gasteiger partial charge in [0.05, 0.1) is 8.07 Å². The van der Waals surface area contributed by atoms with Crippen molar-refractivity contribution in [3.05, 3.63) is 27.7 Å². The summed E-state index contributed by atoms with van der Waals surface area (Å²) in [5, 5.41) is 2.36. The average molecular weight is 306 g/mol. The van der Waals surface area contributed by atoms with E-state index in [9.17, 15) is 0 Å². The van der Waals surface area contributed by atoms with E-state index < -0.39 is 8.07 Å². The van der Waals surface area contributed by atoms with Crippen LogP contribution < -0.4 is 5.19 Å². The summed E-state index contributed by atoms with van der Waals surface area (Å²) < 4.78 is 1.20. The van der Waals surface area contributed by atoms with Crippen molar-refractivity contribution in [1.29, 1.82) is 0 Å². The van der Waals surface area contributed by atoms with Gasteiger partial charge in [-0.25, -0.2) is 0 Å². The van der Waals surface area contributed by atoms with Gasteiger partial charge in [-0.15, -0.1) is 0 Å². The van der Waals surface area contributed by atoms with Crippen LogP contribution in [0.3, 0.4) is 0 Å². The predicted octanol–water partition coefficient (Wildman–Crippen LogP) is 4.82. The molecule has 0 unspecified atom stereocenters. The second kappa shape index (κ2) is 5.51. The molecular formula is C12H18BrClSi. The van der Waals surface area contributed by atoms with Crippen molar-refractivity contribution in [1.82, 2.24) is 0 Å². The van der Waals surface area contributed by atoms with E-state index in [1.54, 1.807) is 0 Å². The first-order valence-electron chi connectivity index (χ1n) is 5.55. The number of benzene rings is 1. The molecule has 0 saturated carbocycles. The van der Waals surface area contributed by atoms with E-state index in [2.05, 4.69) is 42.8 Å². The molecule has 0 amide bonds. The number of halogens is 2. The normalized spacial score (nSPS) is 11.8. The highest BCUT2D eigenvalue weighted by Gasteiger charge is 2.32. The topological polar surface area (TPSA) is 0 Å². The summed E-state index contributed by atoms with van der Waals surface area (Å²) in [6.07, 6.45) is 0. The van der Waals surface area contributed by atoms with Gasteiger partial charge in [-0.05, 0) is 17.3 Å². The quantitative estimate of drug-likeness (QED) is 0.700. The molecule has 3 heteroatoms. The minimum absolute atomic E-state index is 0.946. The number of hydrogen-bond acceptors (Lipinski definition) is 0. The number of rotatable bonds is 4. The lowest BCUT2D eigenvalue weighted by Crippen LogP contribution is -2.47. The minimum Gasteiger partial charge on any atom is -0.0844 e. The van der Waals surface area contributed by atoms with Gasteiger partial charge in [0, 0.05) is 9.50 Å². The van der Waals surface area contributed by atoms with Crippen LogP contribution in [0.5, 0.6) is 0 Å². The molecule has 0 aliphatic carbocycles. The Morgan fingerprint density at radius 2 is 1.67 bits per heavy atom. The van der Waals surface area contributed by atoms with Gasteiger partial charge in [0.25, 0.3) is 0 Å². The van der Waals surface area contributed by atoms with E-state index in [-0.39, 0.29) is 0 Å². The van der Waals surface area contributed by atoms with Crippen molar-refractivity contribution in [2.24, 2.45) is 0 Å².